The van der Waals surface area contributed by atoms with Gasteiger partial charge in [-0.2, -0.15) is 0 Å². The van der Waals surface area contributed by atoms with Crippen molar-refractivity contribution in [3.8, 4) is 5.75 Å². The quantitative estimate of drug-likeness (QED) is 0.600. The second-order valence-electron chi connectivity index (χ2n) is 3.39. The molecule has 2 aromatic rings. The summed E-state index contributed by atoms with van der Waals surface area (Å²) in [6.07, 6.45) is 0.708. The maximum absolute atomic E-state index is 10.5. The predicted octanol–water partition coefficient (Wildman–Crippen LogP) is 3.39. The SMILES string of the molecule is COc1cccc(SCc2ccc(C=O)o2)c1. The van der Waals surface area contributed by atoms with E-state index < -0.39 is 0 Å². The highest BCUT2D eigenvalue weighted by Gasteiger charge is 2.02. The van der Waals surface area contributed by atoms with E-state index in [2.05, 4.69) is 0 Å². The minimum absolute atomic E-state index is 0.367. The van der Waals surface area contributed by atoms with Crippen LogP contribution >= 0.6 is 11.8 Å². The number of hydrogen-bond donors (Lipinski definition) is 0. The van der Waals surface area contributed by atoms with Crippen molar-refractivity contribution in [2.75, 3.05) is 7.11 Å². The molecule has 1 heterocycles. The summed E-state index contributed by atoms with van der Waals surface area (Å²) in [7, 11) is 1.65. The molecule has 0 radical (unpaired) electrons. The van der Waals surface area contributed by atoms with Crippen LogP contribution in [0.25, 0.3) is 0 Å². The van der Waals surface area contributed by atoms with E-state index in [4.69, 9.17) is 9.15 Å². The lowest BCUT2D eigenvalue weighted by atomic mass is 10.3. The van der Waals surface area contributed by atoms with Crippen molar-refractivity contribution in [2.24, 2.45) is 0 Å². The van der Waals surface area contributed by atoms with Gasteiger partial charge in [-0.25, -0.2) is 0 Å². The number of thioether (sulfide) groups is 1. The molecular formula is C13H12O3S. The van der Waals surface area contributed by atoms with Gasteiger partial charge in [0.15, 0.2) is 12.0 Å². The first-order valence-corrected chi connectivity index (χ1v) is 6.11. The summed E-state index contributed by atoms with van der Waals surface area (Å²) in [5.41, 5.74) is 0. The molecule has 17 heavy (non-hydrogen) atoms. The number of carbonyl (C=O) groups excluding carboxylic acids is 1. The Morgan fingerprint density at radius 3 is 2.94 bits per heavy atom. The van der Waals surface area contributed by atoms with E-state index in [9.17, 15) is 4.79 Å². The Morgan fingerprint density at radius 2 is 2.24 bits per heavy atom. The number of carbonyl (C=O) groups is 1. The summed E-state index contributed by atoms with van der Waals surface area (Å²) in [6, 6.07) is 11.3. The summed E-state index contributed by atoms with van der Waals surface area (Å²) >= 11 is 1.64. The lowest BCUT2D eigenvalue weighted by Crippen LogP contribution is -1.82. The van der Waals surface area contributed by atoms with E-state index in [1.807, 2.05) is 30.3 Å². The third-order valence-corrected chi connectivity index (χ3v) is 3.24. The van der Waals surface area contributed by atoms with Crippen LogP contribution in [0.2, 0.25) is 0 Å². The Kier molecular flexibility index (Phi) is 3.88. The zero-order valence-corrected chi connectivity index (χ0v) is 10.2. The van der Waals surface area contributed by atoms with E-state index in [0.29, 0.717) is 17.8 Å². The normalized spacial score (nSPS) is 10.2. The minimum atomic E-state index is 0.367. The molecule has 0 N–H and O–H groups in total. The second kappa shape index (κ2) is 5.59. The van der Waals surface area contributed by atoms with E-state index in [-0.39, 0.29) is 0 Å². The lowest BCUT2D eigenvalue weighted by Gasteiger charge is -2.02. The van der Waals surface area contributed by atoms with Crippen LogP contribution in [0.5, 0.6) is 5.75 Å². The predicted molar refractivity (Wildman–Crippen MR) is 66.7 cm³/mol. The average Bonchev–Trinajstić information content (AvgIpc) is 2.84. The van der Waals surface area contributed by atoms with Crippen molar-refractivity contribution in [3.63, 3.8) is 0 Å². The van der Waals surface area contributed by atoms with Crippen molar-refractivity contribution in [1.29, 1.82) is 0 Å². The van der Waals surface area contributed by atoms with Crippen molar-refractivity contribution in [2.45, 2.75) is 10.6 Å². The summed E-state index contributed by atoms with van der Waals surface area (Å²) in [4.78, 5) is 11.6. The van der Waals surface area contributed by atoms with Gasteiger partial charge in [0, 0.05) is 4.90 Å². The van der Waals surface area contributed by atoms with Crippen LogP contribution in [-0.4, -0.2) is 13.4 Å². The summed E-state index contributed by atoms with van der Waals surface area (Å²) < 4.78 is 10.4. The molecule has 0 unspecified atom stereocenters. The van der Waals surface area contributed by atoms with Crippen molar-refractivity contribution in [1.82, 2.24) is 0 Å². The van der Waals surface area contributed by atoms with Crippen LogP contribution < -0.4 is 4.74 Å². The van der Waals surface area contributed by atoms with Gasteiger partial charge >= 0.3 is 0 Å². The molecule has 0 atom stereocenters. The fourth-order valence-electron chi connectivity index (χ4n) is 1.38. The zero-order valence-electron chi connectivity index (χ0n) is 9.38. The number of rotatable bonds is 5. The van der Waals surface area contributed by atoms with Crippen LogP contribution in [0, 0.1) is 0 Å². The summed E-state index contributed by atoms with van der Waals surface area (Å²) in [5, 5.41) is 0. The first-order valence-electron chi connectivity index (χ1n) is 5.12. The van der Waals surface area contributed by atoms with Crippen LogP contribution in [-0.2, 0) is 5.75 Å². The van der Waals surface area contributed by atoms with Crippen molar-refractivity contribution >= 4 is 18.0 Å². The molecule has 0 aliphatic rings. The van der Waals surface area contributed by atoms with Crippen molar-refractivity contribution in [3.05, 3.63) is 47.9 Å². The molecular weight excluding hydrogens is 236 g/mol. The standard InChI is InChI=1S/C13H12O3S/c1-15-10-3-2-4-13(7-10)17-9-12-6-5-11(8-14)16-12/h2-8H,9H2,1H3. The number of ether oxygens (including phenoxy) is 1. The van der Waals surface area contributed by atoms with Crippen LogP contribution in [0.4, 0.5) is 0 Å². The Bertz CT molecular complexity index is 505. The third-order valence-electron chi connectivity index (χ3n) is 2.22. The molecule has 1 aromatic heterocycles. The molecule has 0 aliphatic carbocycles. The highest BCUT2D eigenvalue weighted by Crippen LogP contribution is 2.26. The topological polar surface area (TPSA) is 39.4 Å². The first-order chi connectivity index (χ1) is 8.31. The fourth-order valence-corrected chi connectivity index (χ4v) is 2.22. The number of aldehydes is 1. The molecule has 0 bridgehead atoms. The van der Waals surface area contributed by atoms with E-state index in [0.717, 1.165) is 16.4 Å². The second-order valence-corrected chi connectivity index (χ2v) is 4.44. The smallest absolute Gasteiger partial charge is 0.185 e. The van der Waals surface area contributed by atoms with E-state index in [1.165, 1.54) is 0 Å². The number of hydrogen-bond acceptors (Lipinski definition) is 4. The summed E-state index contributed by atoms with van der Waals surface area (Å²) in [6.45, 7) is 0. The monoisotopic (exact) mass is 248 g/mol. The van der Waals surface area contributed by atoms with Gasteiger partial charge in [0.25, 0.3) is 0 Å². The third kappa shape index (κ3) is 3.14. The Morgan fingerprint density at radius 1 is 1.35 bits per heavy atom. The Labute approximate surface area is 104 Å². The molecule has 0 fully saturated rings. The maximum Gasteiger partial charge on any atom is 0.185 e. The molecule has 0 saturated carbocycles. The Balaban J connectivity index is 1.99. The van der Waals surface area contributed by atoms with Crippen molar-refractivity contribution < 1.29 is 13.9 Å². The molecule has 0 spiro atoms. The molecule has 0 saturated heterocycles. The van der Waals surface area contributed by atoms with Gasteiger partial charge in [-0.15, -0.1) is 11.8 Å². The average molecular weight is 248 g/mol. The molecule has 88 valence electrons. The molecule has 1 aromatic carbocycles. The van der Waals surface area contributed by atoms with Crippen LogP contribution in [0.1, 0.15) is 16.3 Å². The zero-order chi connectivity index (χ0) is 12.1. The highest BCUT2D eigenvalue weighted by atomic mass is 32.2. The van der Waals surface area contributed by atoms with E-state index >= 15 is 0 Å². The van der Waals surface area contributed by atoms with Gasteiger partial charge in [0.05, 0.1) is 12.9 Å². The van der Waals surface area contributed by atoms with Gasteiger partial charge in [0.1, 0.15) is 11.5 Å². The molecule has 3 nitrogen and oxygen atoms in total. The van der Waals surface area contributed by atoms with Crippen LogP contribution in [0.15, 0.2) is 45.7 Å². The maximum atomic E-state index is 10.5. The highest BCUT2D eigenvalue weighted by molar-refractivity contribution is 7.98. The largest absolute Gasteiger partial charge is 0.497 e. The van der Waals surface area contributed by atoms with Gasteiger partial charge in [-0.1, -0.05) is 6.07 Å². The number of furan rings is 1. The van der Waals surface area contributed by atoms with Gasteiger partial charge < -0.3 is 9.15 Å². The fraction of sp³-hybridized carbons (Fsp3) is 0.154. The lowest BCUT2D eigenvalue weighted by molar-refractivity contribution is 0.109. The number of methoxy groups -OCH3 is 1. The molecule has 0 aliphatic heterocycles. The van der Waals surface area contributed by atoms with Gasteiger partial charge in [-0.05, 0) is 30.3 Å². The van der Waals surface area contributed by atoms with E-state index in [1.54, 1.807) is 24.9 Å². The van der Waals surface area contributed by atoms with Crippen LogP contribution in [0.3, 0.4) is 0 Å². The first kappa shape index (κ1) is 11.8. The molecule has 4 heteroatoms. The Hall–Kier alpha value is -1.68. The minimum Gasteiger partial charge on any atom is -0.497 e. The molecule has 0 amide bonds. The molecule has 2 rings (SSSR count). The summed E-state index contributed by atoms with van der Waals surface area (Å²) in [5.74, 6) is 2.69. The number of benzene rings is 1. The van der Waals surface area contributed by atoms with Gasteiger partial charge in [0.2, 0.25) is 0 Å². The van der Waals surface area contributed by atoms with Gasteiger partial charge in [-0.3, -0.25) is 4.79 Å².